The molecule has 0 fully saturated rings. The van der Waals surface area contributed by atoms with Crippen molar-refractivity contribution in [1.29, 1.82) is 0 Å². The largest absolute Gasteiger partial charge is 0.479 e. The first-order chi connectivity index (χ1) is 12.4. The molecule has 0 aromatic heterocycles. The van der Waals surface area contributed by atoms with Crippen LogP contribution in [-0.2, 0) is 4.79 Å². The summed E-state index contributed by atoms with van der Waals surface area (Å²) < 4.78 is -7.05. The van der Waals surface area contributed by atoms with E-state index in [1.807, 2.05) is 0 Å². The van der Waals surface area contributed by atoms with Crippen LogP contribution >= 0.6 is 81.2 Å². The van der Waals surface area contributed by atoms with E-state index < -0.39 is 24.3 Å². The molecular formula is C18H29Cl7O2. The number of hydrogen-bond acceptors (Lipinski definition) is 1. The van der Waals surface area contributed by atoms with Gasteiger partial charge in [0.05, 0.1) is 5.38 Å². The quantitative estimate of drug-likeness (QED) is 0.161. The van der Waals surface area contributed by atoms with Gasteiger partial charge in [-0.1, -0.05) is 147 Å². The van der Waals surface area contributed by atoms with Gasteiger partial charge in [0.1, 0.15) is 0 Å². The Bertz CT molecular complexity index is 428. The van der Waals surface area contributed by atoms with Gasteiger partial charge in [-0.25, -0.2) is 4.79 Å². The van der Waals surface area contributed by atoms with Crippen molar-refractivity contribution in [3.63, 3.8) is 0 Å². The minimum Gasteiger partial charge on any atom is -0.479 e. The summed E-state index contributed by atoms with van der Waals surface area (Å²) in [7, 11) is 0. The summed E-state index contributed by atoms with van der Waals surface area (Å²) in [5.74, 6) is -1.65. The van der Waals surface area contributed by atoms with Gasteiger partial charge in [0.25, 0.3) is 0 Å². The molecule has 0 bridgehead atoms. The molecule has 0 radical (unpaired) electrons. The van der Waals surface area contributed by atoms with E-state index >= 15 is 0 Å². The predicted octanol–water partition coefficient (Wildman–Crippen LogP) is 8.90. The summed E-state index contributed by atoms with van der Waals surface area (Å²) in [5.41, 5.74) is 0. The van der Waals surface area contributed by atoms with Gasteiger partial charge >= 0.3 is 5.97 Å². The second kappa shape index (κ2) is 13.7. The van der Waals surface area contributed by atoms with Gasteiger partial charge < -0.3 is 5.11 Å². The number of rotatable bonds is 16. The van der Waals surface area contributed by atoms with Crippen molar-refractivity contribution >= 4 is 87.2 Å². The zero-order valence-electron chi connectivity index (χ0n) is 15.6. The molecule has 0 amide bonds. The Labute approximate surface area is 198 Å². The second-order valence-electron chi connectivity index (χ2n) is 6.87. The Hall–Kier alpha value is 1.50. The van der Waals surface area contributed by atoms with Crippen LogP contribution in [0, 0.1) is 0 Å². The van der Waals surface area contributed by atoms with Crippen molar-refractivity contribution in [2.75, 3.05) is 0 Å². The van der Waals surface area contributed by atoms with Gasteiger partial charge in [-0.3, -0.25) is 0 Å². The molecule has 0 spiro atoms. The highest BCUT2D eigenvalue weighted by Crippen LogP contribution is 2.57. The third kappa shape index (κ3) is 9.03. The van der Waals surface area contributed by atoms with E-state index in [-0.39, 0.29) is 0 Å². The molecule has 0 aliphatic heterocycles. The van der Waals surface area contributed by atoms with Gasteiger partial charge in [-0.15, -0.1) is 11.6 Å². The Morgan fingerprint density at radius 1 is 0.778 bits per heavy atom. The van der Waals surface area contributed by atoms with Crippen LogP contribution in [0.3, 0.4) is 0 Å². The fourth-order valence-electron chi connectivity index (χ4n) is 2.71. The summed E-state index contributed by atoms with van der Waals surface area (Å²) in [6.45, 7) is 2.22. The van der Waals surface area contributed by atoms with Crippen LogP contribution in [0.15, 0.2) is 0 Å². The molecule has 0 aromatic carbocycles. The maximum atomic E-state index is 11.2. The zero-order valence-corrected chi connectivity index (χ0v) is 20.9. The van der Waals surface area contributed by atoms with Crippen LogP contribution in [0.25, 0.3) is 0 Å². The van der Waals surface area contributed by atoms with Gasteiger partial charge in [0.15, 0.2) is 8.67 Å². The lowest BCUT2D eigenvalue weighted by Gasteiger charge is -2.40. The molecule has 1 atom stereocenters. The van der Waals surface area contributed by atoms with E-state index in [4.69, 9.17) is 86.3 Å². The van der Waals surface area contributed by atoms with Crippen LogP contribution in [0.5, 0.6) is 0 Å². The van der Waals surface area contributed by atoms with E-state index in [0.29, 0.717) is 6.42 Å². The number of alkyl halides is 7. The van der Waals surface area contributed by atoms with Crippen molar-refractivity contribution in [1.82, 2.24) is 0 Å². The lowest BCUT2D eigenvalue weighted by molar-refractivity contribution is -0.138. The van der Waals surface area contributed by atoms with Crippen molar-refractivity contribution in [2.24, 2.45) is 0 Å². The van der Waals surface area contributed by atoms with Crippen molar-refractivity contribution < 1.29 is 9.90 Å². The van der Waals surface area contributed by atoms with Crippen molar-refractivity contribution in [2.45, 2.75) is 102 Å². The molecule has 9 heteroatoms. The maximum Gasteiger partial charge on any atom is 0.343 e. The third-order valence-electron chi connectivity index (χ3n) is 4.54. The standard InChI is InChI=1S/C18H29Cl7O2/c1-2-3-4-5-6-7-8-9-10-11-12-13-14(19)16(20,21)18(24,25)17(22,23)15(26)27/h14H,2-13H2,1H3,(H,26,27). The molecule has 2 nitrogen and oxygen atoms in total. The Morgan fingerprint density at radius 2 is 1.15 bits per heavy atom. The molecule has 27 heavy (non-hydrogen) atoms. The molecule has 162 valence electrons. The van der Waals surface area contributed by atoms with Gasteiger partial charge in [0, 0.05) is 0 Å². The normalized spacial score (nSPS) is 14.4. The fourth-order valence-corrected chi connectivity index (χ4v) is 4.56. The van der Waals surface area contributed by atoms with Gasteiger partial charge in [0.2, 0.25) is 4.33 Å². The minimum atomic E-state index is -2.61. The first-order valence-electron chi connectivity index (χ1n) is 9.43. The number of aliphatic carboxylic acids is 1. The summed E-state index contributed by atoms with van der Waals surface area (Å²) in [6.07, 6.45) is 13.5. The van der Waals surface area contributed by atoms with E-state index in [0.717, 1.165) is 19.3 Å². The number of hydrogen-bond donors (Lipinski definition) is 1. The molecule has 0 heterocycles. The second-order valence-corrected chi connectivity index (χ2v) is 11.4. The highest BCUT2D eigenvalue weighted by atomic mass is 35.5. The van der Waals surface area contributed by atoms with Crippen molar-refractivity contribution in [3.05, 3.63) is 0 Å². The van der Waals surface area contributed by atoms with Crippen molar-refractivity contribution in [3.8, 4) is 0 Å². The average Bonchev–Trinajstić information content (AvgIpc) is 2.58. The molecule has 1 unspecified atom stereocenters. The first kappa shape index (κ1) is 28.5. The topological polar surface area (TPSA) is 37.3 Å². The highest BCUT2D eigenvalue weighted by molar-refractivity contribution is 6.74. The molecule has 1 N–H and O–H groups in total. The number of carbonyl (C=O) groups is 1. The summed E-state index contributed by atoms with van der Waals surface area (Å²) in [4.78, 5) is 11.2. The number of carboxylic acids is 1. The van der Waals surface area contributed by atoms with E-state index in [2.05, 4.69) is 6.92 Å². The number of halogens is 7. The van der Waals surface area contributed by atoms with Crippen LogP contribution in [0.4, 0.5) is 0 Å². The fraction of sp³-hybridized carbons (Fsp3) is 0.944. The number of unbranched alkanes of at least 4 members (excludes halogenated alkanes) is 10. The van der Waals surface area contributed by atoms with Crippen LogP contribution in [0.1, 0.15) is 84.0 Å². The Kier molecular flexibility index (Phi) is 14.5. The Balaban J connectivity index is 4.13. The average molecular weight is 526 g/mol. The molecule has 0 saturated carbocycles. The van der Waals surface area contributed by atoms with Crippen LogP contribution in [0.2, 0.25) is 0 Å². The third-order valence-corrected chi connectivity index (χ3v) is 9.23. The Morgan fingerprint density at radius 3 is 1.52 bits per heavy atom. The highest BCUT2D eigenvalue weighted by Gasteiger charge is 2.66. The first-order valence-corrected chi connectivity index (χ1v) is 12.1. The maximum absolute atomic E-state index is 11.2. The van der Waals surface area contributed by atoms with Crippen LogP contribution < -0.4 is 0 Å². The van der Waals surface area contributed by atoms with E-state index in [9.17, 15) is 4.79 Å². The molecule has 0 aliphatic carbocycles. The lowest BCUT2D eigenvalue weighted by atomic mass is 10.0. The van der Waals surface area contributed by atoms with Gasteiger partial charge in [-0.05, 0) is 6.42 Å². The molecule has 0 saturated heterocycles. The SMILES string of the molecule is CCCCCCCCCCCCCC(Cl)C(Cl)(Cl)C(Cl)(Cl)C(Cl)(Cl)C(=O)O. The zero-order chi connectivity index (χ0) is 21.1. The number of carboxylic acid groups (broad SMARTS) is 1. The molecule has 0 aromatic rings. The molecule has 0 rings (SSSR count). The molecule has 0 aliphatic rings. The predicted molar refractivity (Wildman–Crippen MR) is 122 cm³/mol. The van der Waals surface area contributed by atoms with E-state index in [1.165, 1.54) is 51.4 Å². The van der Waals surface area contributed by atoms with E-state index in [1.54, 1.807) is 0 Å². The lowest BCUT2D eigenvalue weighted by Crippen LogP contribution is -2.57. The minimum absolute atomic E-state index is 0.413. The summed E-state index contributed by atoms with van der Waals surface area (Å²) >= 11 is 42.1. The van der Waals surface area contributed by atoms with Gasteiger partial charge in [-0.2, -0.15) is 0 Å². The summed E-state index contributed by atoms with van der Waals surface area (Å²) in [5, 5.41) is 8.19. The monoisotopic (exact) mass is 522 g/mol. The molecular weight excluding hydrogens is 496 g/mol. The smallest absolute Gasteiger partial charge is 0.343 e. The van der Waals surface area contributed by atoms with Crippen LogP contribution in [-0.4, -0.2) is 29.5 Å². The summed E-state index contributed by atoms with van der Waals surface area (Å²) in [6, 6.07) is 0.